The fourth-order valence-electron chi connectivity index (χ4n) is 2.42. The molecule has 5 heteroatoms. The fourth-order valence-corrected chi connectivity index (χ4v) is 3.11. The predicted octanol–water partition coefficient (Wildman–Crippen LogP) is 0.452. The molecule has 0 bridgehead atoms. The Bertz CT molecular complexity index is 407. The first-order valence-corrected chi connectivity index (χ1v) is 6.23. The summed E-state index contributed by atoms with van der Waals surface area (Å²) < 4.78 is 0. The van der Waals surface area contributed by atoms with Gasteiger partial charge in [0.05, 0.1) is 18.4 Å². The maximum absolute atomic E-state index is 12.0. The van der Waals surface area contributed by atoms with Gasteiger partial charge in [-0.1, -0.05) is 6.07 Å². The molecule has 0 aromatic carbocycles. The number of hydrogen-bond donors (Lipinski definition) is 1. The average molecular weight is 236 g/mol. The Morgan fingerprint density at radius 3 is 2.56 bits per heavy atom. The van der Waals surface area contributed by atoms with Crippen molar-refractivity contribution in [3.63, 3.8) is 0 Å². The second-order valence-electron chi connectivity index (χ2n) is 4.21. The molecular weight excluding hydrogens is 224 g/mol. The summed E-state index contributed by atoms with van der Waals surface area (Å²) in [6.45, 7) is 1.74. The molecule has 0 saturated carbocycles. The van der Waals surface area contributed by atoms with Gasteiger partial charge < -0.3 is 5.32 Å². The van der Waals surface area contributed by atoms with Crippen LogP contribution in [0, 0.1) is 11.8 Å². The van der Waals surface area contributed by atoms with E-state index in [1.165, 1.54) is 4.90 Å². The summed E-state index contributed by atoms with van der Waals surface area (Å²) in [7, 11) is 0. The van der Waals surface area contributed by atoms with Crippen LogP contribution in [0.5, 0.6) is 0 Å². The zero-order valence-electron chi connectivity index (χ0n) is 8.68. The molecule has 2 fully saturated rings. The lowest BCUT2D eigenvalue weighted by molar-refractivity contribution is -0.140. The Balaban J connectivity index is 1.81. The van der Waals surface area contributed by atoms with Gasteiger partial charge in [-0.25, -0.2) is 0 Å². The van der Waals surface area contributed by atoms with E-state index >= 15 is 0 Å². The molecule has 16 heavy (non-hydrogen) atoms. The van der Waals surface area contributed by atoms with Gasteiger partial charge in [0.2, 0.25) is 11.8 Å². The molecule has 2 aliphatic heterocycles. The number of thiophene rings is 1. The molecule has 0 spiro atoms. The van der Waals surface area contributed by atoms with E-state index in [-0.39, 0.29) is 23.7 Å². The van der Waals surface area contributed by atoms with Gasteiger partial charge in [0.1, 0.15) is 0 Å². The number of imide groups is 1. The summed E-state index contributed by atoms with van der Waals surface area (Å²) in [6.07, 6.45) is 0. The van der Waals surface area contributed by atoms with Crippen molar-refractivity contribution in [1.82, 2.24) is 10.2 Å². The number of fused-ring (bicyclic) bond motifs is 1. The average Bonchev–Trinajstić information content (AvgIpc) is 2.97. The van der Waals surface area contributed by atoms with Gasteiger partial charge in [0.25, 0.3) is 0 Å². The van der Waals surface area contributed by atoms with Gasteiger partial charge in [0.15, 0.2) is 0 Å². The second-order valence-corrected chi connectivity index (χ2v) is 5.25. The molecule has 2 amide bonds. The van der Waals surface area contributed by atoms with E-state index in [9.17, 15) is 9.59 Å². The number of rotatable bonds is 2. The largest absolute Gasteiger partial charge is 0.315 e. The van der Waals surface area contributed by atoms with Crippen LogP contribution in [0.2, 0.25) is 0 Å². The third kappa shape index (κ3) is 1.39. The Kier molecular flexibility index (Phi) is 2.29. The second kappa shape index (κ2) is 3.68. The summed E-state index contributed by atoms with van der Waals surface area (Å²) in [5.74, 6) is -0.248. The first-order chi connectivity index (χ1) is 7.77. The summed E-state index contributed by atoms with van der Waals surface area (Å²) in [5, 5.41) is 5.06. The minimum Gasteiger partial charge on any atom is -0.315 e. The van der Waals surface area contributed by atoms with E-state index in [4.69, 9.17) is 0 Å². The number of hydrogen-bond acceptors (Lipinski definition) is 4. The van der Waals surface area contributed by atoms with Crippen molar-refractivity contribution in [2.75, 3.05) is 13.1 Å². The molecule has 84 valence electrons. The highest BCUT2D eigenvalue weighted by Crippen LogP contribution is 2.30. The first-order valence-electron chi connectivity index (χ1n) is 5.35. The van der Waals surface area contributed by atoms with Crippen LogP contribution in [-0.4, -0.2) is 29.8 Å². The first kappa shape index (κ1) is 9.99. The standard InChI is InChI=1S/C11H12N2O2S/c14-10-8-4-12-5-9(8)11(15)13(10)6-7-2-1-3-16-7/h1-3,8-9,12H,4-6H2/t8-,9-/m1/s1. The van der Waals surface area contributed by atoms with Crippen molar-refractivity contribution < 1.29 is 9.59 Å². The van der Waals surface area contributed by atoms with Crippen LogP contribution in [-0.2, 0) is 16.1 Å². The van der Waals surface area contributed by atoms with Crippen LogP contribution in [0.15, 0.2) is 17.5 Å². The fraction of sp³-hybridized carbons (Fsp3) is 0.455. The number of nitrogens with one attached hydrogen (secondary N) is 1. The van der Waals surface area contributed by atoms with Gasteiger partial charge in [-0.15, -0.1) is 11.3 Å². The van der Waals surface area contributed by atoms with Crippen molar-refractivity contribution in [3.05, 3.63) is 22.4 Å². The summed E-state index contributed by atoms with van der Waals surface area (Å²) in [5.41, 5.74) is 0. The third-order valence-corrected chi connectivity index (χ3v) is 4.14. The molecule has 0 aliphatic carbocycles. The van der Waals surface area contributed by atoms with E-state index < -0.39 is 0 Å². The smallest absolute Gasteiger partial charge is 0.234 e. The summed E-state index contributed by atoms with van der Waals surface area (Å²) in [6, 6.07) is 3.89. The van der Waals surface area contributed by atoms with E-state index in [2.05, 4.69) is 5.32 Å². The van der Waals surface area contributed by atoms with Crippen LogP contribution >= 0.6 is 11.3 Å². The van der Waals surface area contributed by atoms with E-state index in [0.717, 1.165) is 4.88 Å². The Hall–Kier alpha value is -1.20. The van der Waals surface area contributed by atoms with E-state index in [0.29, 0.717) is 19.6 Å². The lowest BCUT2D eigenvalue weighted by Gasteiger charge is -2.14. The van der Waals surface area contributed by atoms with Gasteiger partial charge in [-0.05, 0) is 11.4 Å². The van der Waals surface area contributed by atoms with Crippen molar-refractivity contribution >= 4 is 23.2 Å². The Labute approximate surface area is 97.2 Å². The van der Waals surface area contributed by atoms with Crippen LogP contribution < -0.4 is 5.32 Å². The van der Waals surface area contributed by atoms with Crippen LogP contribution in [0.1, 0.15) is 4.88 Å². The van der Waals surface area contributed by atoms with Gasteiger partial charge in [0, 0.05) is 18.0 Å². The van der Waals surface area contributed by atoms with Gasteiger partial charge in [-0.3, -0.25) is 14.5 Å². The lowest BCUT2D eigenvalue weighted by atomic mass is 10.00. The molecule has 2 atom stereocenters. The van der Waals surface area contributed by atoms with Crippen molar-refractivity contribution in [3.8, 4) is 0 Å². The van der Waals surface area contributed by atoms with Crippen LogP contribution in [0.4, 0.5) is 0 Å². The minimum atomic E-state index is -0.118. The van der Waals surface area contributed by atoms with Crippen LogP contribution in [0.25, 0.3) is 0 Å². The van der Waals surface area contributed by atoms with Crippen LogP contribution in [0.3, 0.4) is 0 Å². The number of nitrogens with zero attached hydrogens (tertiary/aromatic N) is 1. The quantitative estimate of drug-likeness (QED) is 0.759. The number of amides is 2. The monoisotopic (exact) mass is 236 g/mol. The Morgan fingerprint density at radius 2 is 2.00 bits per heavy atom. The minimum absolute atomic E-state index is 0.00611. The number of likely N-dealkylation sites (tertiary alicyclic amines) is 1. The molecule has 1 N–H and O–H groups in total. The molecule has 0 radical (unpaired) electrons. The molecule has 2 aliphatic rings. The lowest BCUT2D eigenvalue weighted by Crippen LogP contribution is -2.33. The summed E-state index contributed by atoms with van der Waals surface area (Å²) in [4.78, 5) is 26.5. The SMILES string of the molecule is O=C1[C@@H]2CNC[C@H]2C(=O)N1Cc1cccs1. The van der Waals surface area contributed by atoms with Gasteiger partial charge in [-0.2, -0.15) is 0 Å². The molecule has 1 aromatic heterocycles. The highest BCUT2D eigenvalue weighted by molar-refractivity contribution is 7.09. The normalized spacial score (nSPS) is 28.9. The predicted molar refractivity (Wildman–Crippen MR) is 59.7 cm³/mol. The molecule has 2 saturated heterocycles. The maximum Gasteiger partial charge on any atom is 0.234 e. The zero-order chi connectivity index (χ0) is 11.1. The molecule has 1 aromatic rings. The molecule has 3 rings (SSSR count). The molecule has 3 heterocycles. The van der Waals surface area contributed by atoms with Crippen molar-refractivity contribution in [1.29, 1.82) is 0 Å². The zero-order valence-corrected chi connectivity index (χ0v) is 9.50. The van der Waals surface area contributed by atoms with E-state index in [1.54, 1.807) is 11.3 Å². The Morgan fingerprint density at radius 1 is 1.31 bits per heavy atom. The topological polar surface area (TPSA) is 49.4 Å². The maximum atomic E-state index is 12.0. The van der Waals surface area contributed by atoms with Crippen molar-refractivity contribution in [2.24, 2.45) is 11.8 Å². The van der Waals surface area contributed by atoms with E-state index in [1.807, 2.05) is 17.5 Å². The van der Waals surface area contributed by atoms with Gasteiger partial charge >= 0.3 is 0 Å². The molecular formula is C11H12N2O2S. The number of carbonyl (C=O) groups is 2. The van der Waals surface area contributed by atoms with Crippen molar-refractivity contribution in [2.45, 2.75) is 6.54 Å². The molecule has 4 nitrogen and oxygen atoms in total. The highest BCUT2D eigenvalue weighted by atomic mass is 32.1. The highest BCUT2D eigenvalue weighted by Gasteiger charge is 2.49. The number of carbonyl (C=O) groups excluding carboxylic acids is 2. The summed E-state index contributed by atoms with van der Waals surface area (Å²) >= 11 is 1.58. The molecule has 0 unspecified atom stereocenters. The third-order valence-electron chi connectivity index (χ3n) is 3.27.